The zero-order valence-electron chi connectivity index (χ0n) is 11.7. The average molecular weight is 258 g/mol. The van der Waals surface area contributed by atoms with Gasteiger partial charge in [0.05, 0.1) is 22.6 Å². The molecule has 0 fully saturated rings. The van der Waals surface area contributed by atoms with Crippen molar-refractivity contribution in [2.45, 2.75) is 27.3 Å². The van der Waals surface area contributed by atoms with Crippen LogP contribution in [0.4, 0.5) is 0 Å². The van der Waals surface area contributed by atoms with Crippen LogP contribution in [-0.4, -0.2) is 25.3 Å². The fourth-order valence-electron chi connectivity index (χ4n) is 1.96. The van der Waals surface area contributed by atoms with Crippen LogP contribution < -0.4 is 0 Å². The molecule has 0 saturated carbocycles. The molecule has 0 aliphatic carbocycles. The average Bonchev–Trinajstić information content (AvgIpc) is 2.89. The van der Waals surface area contributed by atoms with E-state index in [-0.39, 0.29) is 5.78 Å². The van der Waals surface area contributed by atoms with E-state index in [1.54, 1.807) is 27.7 Å². The lowest BCUT2D eigenvalue weighted by Crippen LogP contribution is -1.97. The molecule has 0 radical (unpaired) electrons. The lowest BCUT2D eigenvalue weighted by Gasteiger charge is -1.94. The second-order valence-corrected chi connectivity index (χ2v) is 4.52. The van der Waals surface area contributed by atoms with Gasteiger partial charge in [0.2, 0.25) is 0 Å². The van der Waals surface area contributed by atoms with Gasteiger partial charge in [-0.25, -0.2) is 0 Å². The minimum atomic E-state index is -0.0314. The molecule has 2 rings (SSSR count). The normalized spacial score (nSPS) is 11.4. The summed E-state index contributed by atoms with van der Waals surface area (Å²) in [6.45, 7) is 6.53. The number of ketones is 1. The molecular formula is C14H18N4O. The second kappa shape index (κ2) is 5.22. The summed E-state index contributed by atoms with van der Waals surface area (Å²) in [4.78, 5) is 12.1. The van der Waals surface area contributed by atoms with Crippen molar-refractivity contribution in [2.24, 2.45) is 7.05 Å². The van der Waals surface area contributed by atoms with E-state index in [0.29, 0.717) is 5.56 Å². The van der Waals surface area contributed by atoms with Gasteiger partial charge in [0.15, 0.2) is 5.78 Å². The molecule has 2 aromatic rings. The Hall–Kier alpha value is -2.17. The molecule has 0 amide bonds. The quantitative estimate of drug-likeness (QED) is 0.623. The first kappa shape index (κ1) is 13.3. The fourth-order valence-corrected chi connectivity index (χ4v) is 1.96. The van der Waals surface area contributed by atoms with Crippen LogP contribution in [-0.2, 0) is 13.6 Å². The molecule has 5 heteroatoms. The summed E-state index contributed by atoms with van der Waals surface area (Å²) >= 11 is 0. The largest absolute Gasteiger partial charge is 0.289 e. The summed E-state index contributed by atoms with van der Waals surface area (Å²) in [5.41, 5.74) is 3.26. The predicted octanol–water partition coefficient (Wildman–Crippen LogP) is 2.15. The highest BCUT2D eigenvalue weighted by molar-refractivity contribution is 6.07. The van der Waals surface area contributed by atoms with Crippen LogP contribution in [0.3, 0.4) is 0 Å². The number of aromatic nitrogens is 4. The van der Waals surface area contributed by atoms with Crippen molar-refractivity contribution in [1.82, 2.24) is 19.6 Å². The number of rotatable bonds is 4. The first-order chi connectivity index (χ1) is 9.01. The molecule has 0 aromatic carbocycles. The van der Waals surface area contributed by atoms with Crippen LogP contribution in [0.15, 0.2) is 18.3 Å². The zero-order chi connectivity index (χ0) is 14.0. The van der Waals surface area contributed by atoms with Gasteiger partial charge < -0.3 is 0 Å². The third kappa shape index (κ3) is 2.81. The van der Waals surface area contributed by atoms with Crippen molar-refractivity contribution in [3.63, 3.8) is 0 Å². The molecule has 0 aliphatic rings. The van der Waals surface area contributed by atoms with E-state index < -0.39 is 0 Å². The molecule has 0 bridgehead atoms. The standard InChI is InChI=1S/C14H18N4O/c1-5-18-9-13(11(3)16-18)14(19)7-6-12-8-10(2)15-17(12)4/h6-9H,5H2,1-4H3/b7-6+. The Balaban J connectivity index is 2.21. The van der Waals surface area contributed by atoms with Crippen molar-refractivity contribution in [3.8, 4) is 0 Å². The van der Waals surface area contributed by atoms with Crippen LogP contribution >= 0.6 is 0 Å². The molecule has 2 heterocycles. The summed E-state index contributed by atoms with van der Waals surface area (Å²) in [5, 5.41) is 8.51. The van der Waals surface area contributed by atoms with E-state index in [9.17, 15) is 4.79 Å². The van der Waals surface area contributed by atoms with E-state index >= 15 is 0 Å². The first-order valence-corrected chi connectivity index (χ1v) is 6.28. The van der Waals surface area contributed by atoms with Crippen LogP contribution in [0, 0.1) is 13.8 Å². The van der Waals surface area contributed by atoms with E-state index in [1.165, 1.54) is 0 Å². The van der Waals surface area contributed by atoms with Crippen LogP contribution in [0.25, 0.3) is 6.08 Å². The van der Waals surface area contributed by atoms with E-state index in [4.69, 9.17) is 0 Å². The molecular weight excluding hydrogens is 240 g/mol. The number of aryl methyl sites for hydroxylation is 4. The SMILES string of the molecule is CCn1cc(C(=O)/C=C/c2cc(C)nn2C)c(C)n1. The predicted molar refractivity (Wildman–Crippen MR) is 73.9 cm³/mol. The lowest BCUT2D eigenvalue weighted by atomic mass is 10.1. The fraction of sp³-hybridized carbons (Fsp3) is 0.357. The van der Waals surface area contributed by atoms with Gasteiger partial charge >= 0.3 is 0 Å². The Labute approximate surface area is 112 Å². The van der Waals surface area contributed by atoms with Gasteiger partial charge in [0.1, 0.15) is 0 Å². The Morgan fingerprint density at radius 1 is 1.37 bits per heavy atom. The van der Waals surface area contributed by atoms with E-state index in [1.807, 2.05) is 33.9 Å². The highest BCUT2D eigenvalue weighted by Gasteiger charge is 2.10. The molecule has 5 nitrogen and oxygen atoms in total. The highest BCUT2D eigenvalue weighted by Crippen LogP contribution is 2.10. The first-order valence-electron chi connectivity index (χ1n) is 6.28. The molecule has 19 heavy (non-hydrogen) atoms. The van der Waals surface area contributed by atoms with Gasteiger partial charge in [-0.2, -0.15) is 10.2 Å². The number of carbonyl (C=O) groups excluding carboxylic acids is 1. The summed E-state index contributed by atoms with van der Waals surface area (Å²) < 4.78 is 3.52. The van der Waals surface area contributed by atoms with Crippen LogP contribution in [0.2, 0.25) is 0 Å². The molecule has 100 valence electrons. The lowest BCUT2D eigenvalue weighted by molar-refractivity contribution is 0.104. The molecule has 0 N–H and O–H groups in total. The Morgan fingerprint density at radius 2 is 2.11 bits per heavy atom. The highest BCUT2D eigenvalue weighted by atomic mass is 16.1. The molecule has 0 unspecified atom stereocenters. The molecule has 0 aliphatic heterocycles. The maximum absolute atomic E-state index is 12.1. The number of nitrogens with zero attached hydrogens (tertiary/aromatic N) is 4. The topological polar surface area (TPSA) is 52.7 Å². The minimum absolute atomic E-state index is 0.0314. The van der Waals surface area contributed by atoms with E-state index in [2.05, 4.69) is 10.2 Å². The molecule has 0 spiro atoms. The number of allylic oxidation sites excluding steroid dienone is 1. The van der Waals surface area contributed by atoms with Crippen molar-refractivity contribution < 1.29 is 4.79 Å². The van der Waals surface area contributed by atoms with Gasteiger partial charge in [-0.3, -0.25) is 14.2 Å². The smallest absolute Gasteiger partial charge is 0.189 e. The zero-order valence-corrected chi connectivity index (χ0v) is 11.7. The third-order valence-electron chi connectivity index (χ3n) is 2.98. The maximum Gasteiger partial charge on any atom is 0.189 e. The summed E-state index contributed by atoms with van der Waals surface area (Å²) in [5.74, 6) is -0.0314. The molecule has 0 saturated heterocycles. The van der Waals surface area contributed by atoms with Crippen molar-refractivity contribution in [2.75, 3.05) is 0 Å². The second-order valence-electron chi connectivity index (χ2n) is 4.52. The minimum Gasteiger partial charge on any atom is -0.289 e. The Morgan fingerprint density at radius 3 is 2.63 bits per heavy atom. The van der Waals surface area contributed by atoms with Crippen LogP contribution in [0.5, 0.6) is 0 Å². The summed E-state index contributed by atoms with van der Waals surface area (Å²) in [6, 6.07) is 1.94. The summed E-state index contributed by atoms with van der Waals surface area (Å²) in [7, 11) is 1.86. The Kier molecular flexibility index (Phi) is 3.64. The number of carbonyl (C=O) groups is 1. The third-order valence-corrected chi connectivity index (χ3v) is 2.98. The molecule has 0 atom stereocenters. The van der Waals surface area contributed by atoms with Crippen molar-refractivity contribution in [3.05, 3.63) is 41.0 Å². The maximum atomic E-state index is 12.1. The van der Waals surface area contributed by atoms with Crippen LogP contribution in [0.1, 0.15) is 34.4 Å². The number of hydrogen-bond donors (Lipinski definition) is 0. The number of hydrogen-bond acceptors (Lipinski definition) is 3. The van der Waals surface area contributed by atoms with Gasteiger partial charge in [-0.1, -0.05) is 0 Å². The van der Waals surface area contributed by atoms with Crippen molar-refractivity contribution in [1.29, 1.82) is 0 Å². The van der Waals surface area contributed by atoms with Gasteiger partial charge in [-0.05, 0) is 39.0 Å². The van der Waals surface area contributed by atoms with Gasteiger partial charge in [0.25, 0.3) is 0 Å². The van der Waals surface area contributed by atoms with E-state index in [0.717, 1.165) is 23.6 Å². The van der Waals surface area contributed by atoms with Crippen molar-refractivity contribution >= 4 is 11.9 Å². The monoisotopic (exact) mass is 258 g/mol. The summed E-state index contributed by atoms with van der Waals surface area (Å²) in [6.07, 6.45) is 5.14. The van der Waals surface area contributed by atoms with Gasteiger partial charge in [0, 0.05) is 19.8 Å². The molecule has 2 aromatic heterocycles. The van der Waals surface area contributed by atoms with Gasteiger partial charge in [-0.15, -0.1) is 0 Å². The Bertz CT molecular complexity index is 634.